The molecule has 1 unspecified atom stereocenters. The minimum atomic E-state index is 0.316. The fraction of sp³-hybridized carbons (Fsp3) is 0.600. The van der Waals surface area contributed by atoms with Crippen molar-refractivity contribution in [2.45, 2.75) is 57.9 Å². The predicted molar refractivity (Wildman–Crippen MR) is 69.8 cm³/mol. The first-order valence-corrected chi connectivity index (χ1v) is 6.61. The van der Waals surface area contributed by atoms with E-state index in [1.165, 1.54) is 18.4 Å². The van der Waals surface area contributed by atoms with E-state index in [4.69, 9.17) is 5.73 Å². The van der Waals surface area contributed by atoms with Gasteiger partial charge in [0.05, 0.1) is 0 Å². The van der Waals surface area contributed by atoms with E-state index in [0.29, 0.717) is 6.04 Å². The fourth-order valence-electron chi connectivity index (χ4n) is 2.33. The summed E-state index contributed by atoms with van der Waals surface area (Å²) in [6.07, 6.45) is 6.02. The molecular formula is C15H23N. The van der Waals surface area contributed by atoms with Crippen molar-refractivity contribution in [2.75, 3.05) is 0 Å². The van der Waals surface area contributed by atoms with Crippen LogP contribution in [0.5, 0.6) is 0 Å². The second-order valence-electron chi connectivity index (χ2n) is 5.03. The van der Waals surface area contributed by atoms with Gasteiger partial charge in [0.15, 0.2) is 0 Å². The Bertz CT molecular complexity index is 352. The molecule has 0 spiro atoms. The third kappa shape index (κ3) is 2.65. The number of nitrogens with two attached hydrogens (primary N) is 1. The lowest BCUT2D eigenvalue weighted by Gasteiger charge is -2.12. The molecule has 1 aliphatic rings. The zero-order valence-corrected chi connectivity index (χ0v) is 10.5. The minimum Gasteiger partial charge on any atom is -0.327 e. The number of hydrogen-bond acceptors (Lipinski definition) is 1. The SMILES string of the molecule is CCc1cc(CC(N)CC)ccc1C1CC1. The monoisotopic (exact) mass is 217 g/mol. The lowest BCUT2D eigenvalue weighted by molar-refractivity contribution is 0.646. The molecule has 0 heterocycles. The van der Waals surface area contributed by atoms with Gasteiger partial charge >= 0.3 is 0 Å². The highest BCUT2D eigenvalue weighted by molar-refractivity contribution is 5.37. The van der Waals surface area contributed by atoms with Crippen LogP contribution in [-0.4, -0.2) is 6.04 Å². The Kier molecular flexibility index (Phi) is 3.65. The summed E-state index contributed by atoms with van der Waals surface area (Å²) < 4.78 is 0. The highest BCUT2D eigenvalue weighted by atomic mass is 14.6. The molecule has 2 N–H and O–H groups in total. The molecule has 0 amide bonds. The summed E-state index contributed by atoms with van der Waals surface area (Å²) in [5.41, 5.74) is 10.6. The molecule has 0 radical (unpaired) electrons. The molecule has 1 atom stereocenters. The first kappa shape index (κ1) is 11.7. The van der Waals surface area contributed by atoms with Crippen molar-refractivity contribution in [3.05, 3.63) is 34.9 Å². The van der Waals surface area contributed by atoms with Crippen LogP contribution in [0.3, 0.4) is 0 Å². The van der Waals surface area contributed by atoms with Crippen molar-refractivity contribution in [1.82, 2.24) is 0 Å². The van der Waals surface area contributed by atoms with Gasteiger partial charge in [-0.15, -0.1) is 0 Å². The van der Waals surface area contributed by atoms with Gasteiger partial charge in [0.25, 0.3) is 0 Å². The second kappa shape index (κ2) is 5.01. The van der Waals surface area contributed by atoms with Gasteiger partial charge in [-0.05, 0) is 54.7 Å². The van der Waals surface area contributed by atoms with E-state index in [-0.39, 0.29) is 0 Å². The standard InChI is InChI=1S/C15H23N/c1-3-12-9-11(10-14(16)4-2)5-8-15(12)13-6-7-13/h5,8-9,13-14H,3-4,6-7,10,16H2,1-2H3. The van der Waals surface area contributed by atoms with E-state index < -0.39 is 0 Å². The molecule has 88 valence electrons. The van der Waals surface area contributed by atoms with Crippen LogP contribution in [0.2, 0.25) is 0 Å². The number of hydrogen-bond donors (Lipinski definition) is 1. The van der Waals surface area contributed by atoms with Gasteiger partial charge in [-0.2, -0.15) is 0 Å². The summed E-state index contributed by atoms with van der Waals surface area (Å²) in [6.45, 7) is 4.41. The van der Waals surface area contributed by atoms with Crippen molar-refractivity contribution in [2.24, 2.45) is 5.73 Å². The first-order valence-electron chi connectivity index (χ1n) is 6.61. The maximum Gasteiger partial charge on any atom is 0.00766 e. The van der Waals surface area contributed by atoms with Gasteiger partial charge in [-0.25, -0.2) is 0 Å². The topological polar surface area (TPSA) is 26.0 Å². The van der Waals surface area contributed by atoms with Crippen LogP contribution < -0.4 is 5.73 Å². The smallest absolute Gasteiger partial charge is 0.00766 e. The van der Waals surface area contributed by atoms with E-state index in [9.17, 15) is 0 Å². The Morgan fingerprint density at radius 1 is 1.31 bits per heavy atom. The van der Waals surface area contributed by atoms with Gasteiger partial charge in [0.2, 0.25) is 0 Å². The van der Waals surface area contributed by atoms with Crippen LogP contribution in [0.1, 0.15) is 55.7 Å². The van der Waals surface area contributed by atoms with Crippen LogP contribution in [-0.2, 0) is 12.8 Å². The van der Waals surface area contributed by atoms with Crippen molar-refractivity contribution in [3.8, 4) is 0 Å². The number of benzene rings is 1. The summed E-state index contributed by atoms with van der Waals surface area (Å²) in [7, 11) is 0. The summed E-state index contributed by atoms with van der Waals surface area (Å²) in [6, 6.07) is 7.32. The molecule has 1 aliphatic carbocycles. The van der Waals surface area contributed by atoms with Crippen LogP contribution in [0.4, 0.5) is 0 Å². The Balaban J connectivity index is 2.15. The molecule has 0 aliphatic heterocycles. The molecule has 0 saturated heterocycles. The molecule has 16 heavy (non-hydrogen) atoms. The lowest BCUT2D eigenvalue weighted by Crippen LogP contribution is -2.21. The van der Waals surface area contributed by atoms with Crippen molar-refractivity contribution in [1.29, 1.82) is 0 Å². The third-order valence-corrected chi connectivity index (χ3v) is 3.63. The first-order chi connectivity index (χ1) is 7.74. The summed E-state index contributed by atoms with van der Waals surface area (Å²) in [5, 5.41) is 0. The number of rotatable bonds is 5. The molecule has 0 bridgehead atoms. The van der Waals surface area contributed by atoms with Crippen LogP contribution >= 0.6 is 0 Å². The number of aryl methyl sites for hydroxylation is 1. The zero-order valence-electron chi connectivity index (χ0n) is 10.5. The Hall–Kier alpha value is -0.820. The second-order valence-corrected chi connectivity index (χ2v) is 5.03. The van der Waals surface area contributed by atoms with Gasteiger partial charge < -0.3 is 5.73 Å². The van der Waals surface area contributed by atoms with Gasteiger partial charge in [0, 0.05) is 6.04 Å². The molecule has 1 fully saturated rings. The predicted octanol–water partition coefficient (Wildman–Crippen LogP) is 3.41. The Labute approximate surface area is 99.0 Å². The largest absolute Gasteiger partial charge is 0.327 e. The Morgan fingerprint density at radius 2 is 2.06 bits per heavy atom. The van der Waals surface area contributed by atoms with Gasteiger partial charge in [-0.1, -0.05) is 32.0 Å². The third-order valence-electron chi connectivity index (χ3n) is 3.63. The van der Waals surface area contributed by atoms with E-state index in [0.717, 1.165) is 25.2 Å². The summed E-state index contributed by atoms with van der Waals surface area (Å²) in [4.78, 5) is 0. The quantitative estimate of drug-likeness (QED) is 0.803. The molecular weight excluding hydrogens is 194 g/mol. The minimum absolute atomic E-state index is 0.316. The van der Waals surface area contributed by atoms with Gasteiger partial charge in [0.1, 0.15) is 0 Å². The lowest BCUT2D eigenvalue weighted by atomic mass is 9.95. The summed E-state index contributed by atoms with van der Waals surface area (Å²) in [5.74, 6) is 0.865. The Morgan fingerprint density at radius 3 is 2.62 bits per heavy atom. The van der Waals surface area contributed by atoms with Crippen molar-refractivity contribution in [3.63, 3.8) is 0 Å². The maximum absolute atomic E-state index is 6.01. The molecule has 1 aromatic rings. The molecule has 1 saturated carbocycles. The van der Waals surface area contributed by atoms with E-state index >= 15 is 0 Å². The van der Waals surface area contributed by atoms with E-state index in [1.807, 2.05) is 0 Å². The molecule has 1 aromatic carbocycles. The average molecular weight is 217 g/mol. The maximum atomic E-state index is 6.01. The van der Waals surface area contributed by atoms with Crippen LogP contribution in [0.25, 0.3) is 0 Å². The molecule has 1 heteroatoms. The van der Waals surface area contributed by atoms with Gasteiger partial charge in [-0.3, -0.25) is 0 Å². The van der Waals surface area contributed by atoms with Crippen molar-refractivity contribution < 1.29 is 0 Å². The van der Waals surface area contributed by atoms with E-state index in [1.54, 1.807) is 11.1 Å². The highest BCUT2D eigenvalue weighted by Gasteiger charge is 2.25. The van der Waals surface area contributed by atoms with E-state index in [2.05, 4.69) is 32.0 Å². The summed E-state index contributed by atoms with van der Waals surface area (Å²) >= 11 is 0. The van der Waals surface area contributed by atoms with Crippen molar-refractivity contribution >= 4 is 0 Å². The average Bonchev–Trinajstić information content (AvgIpc) is 3.12. The fourth-order valence-corrected chi connectivity index (χ4v) is 2.33. The normalized spacial score (nSPS) is 17.4. The van der Waals surface area contributed by atoms with Crippen LogP contribution in [0, 0.1) is 0 Å². The molecule has 1 nitrogen and oxygen atoms in total. The van der Waals surface area contributed by atoms with Crippen LogP contribution in [0.15, 0.2) is 18.2 Å². The molecule has 0 aromatic heterocycles. The highest BCUT2D eigenvalue weighted by Crippen LogP contribution is 2.42. The zero-order chi connectivity index (χ0) is 11.5. The molecule has 2 rings (SSSR count).